The minimum Gasteiger partial charge on any atom is -0.462 e. The number of ether oxygens (including phenoxy) is 4. The predicted octanol–water partition coefficient (Wildman–Crippen LogP) is 20.9. The summed E-state index contributed by atoms with van der Waals surface area (Å²) >= 11 is 0. The van der Waals surface area contributed by atoms with Crippen LogP contribution in [0.2, 0.25) is 0 Å². The second-order valence-electron chi connectivity index (χ2n) is 26.2. The Hall–Kier alpha value is -1.94. The van der Waals surface area contributed by atoms with Crippen molar-refractivity contribution in [3.63, 3.8) is 0 Å². The Morgan fingerprint density at radius 1 is 0.308 bits per heavy atom. The lowest BCUT2D eigenvalue weighted by molar-refractivity contribution is -0.161. The normalized spacial score (nSPS) is 14.3. The van der Waals surface area contributed by atoms with E-state index in [1.54, 1.807) is 0 Å². The number of phosphoric ester groups is 2. The summed E-state index contributed by atoms with van der Waals surface area (Å²) in [7, 11) is -9.90. The van der Waals surface area contributed by atoms with Gasteiger partial charge in [0.2, 0.25) is 0 Å². The molecular weight excluding hydrogens is 1200 g/mol. The molecular formula is C72H140O17P2. The van der Waals surface area contributed by atoms with E-state index in [4.69, 9.17) is 37.0 Å². The first-order valence-corrected chi connectivity index (χ1v) is 40.7. The molecule has 0 aliphatic carbocycles. The molecule has 0 spiro atoms. The predicted molar refractivity (Wildman–Crippen MR) is 368 cm³/mol. The summed E-state index contributed by atoms with van der Waals surface area (Å²) < 4.78 is 68.3. The minimum atomic E-state index is -4.95. The molecule has 0 fully saturated rings. The summed E-state index contributed by atoms with van der Waals surface area (Å²) in [6.45, 7) is 7.24. The van der Waals surface area contributed by atoms with Gasteiger partial charge in [-0.05, 0) is 31.6 Å². The Bertz CT molecular complexity index is 1760. The van der Waals surface area contributed by atoms with Crippen LogP contribution < -0.4 is 0 Å². The van der Waals surface area contributed by atoms with E-state index in [2.05, 4.69) is 34.6 Å². The lowest BCUT2D eigenvalue weighted by Crippen LogP contribution is -2.30. The van der Waals surface area contributed by atoms with Crippen LogP contribution in [-0.2, 0) is 65.4 Å². The zero-order chi connectivity index (χ0) is 67.0. The number of carbonyl (C=O) groups excluding carboxylic acids is 4. The van der Waals surface area contributed by atoms with Crippen molar-refractivity contribution in [2.24, 2.45) is 5.92 Å². The molecule has 540 valence electrons. The Balaban J connectivity index is 5.21. The van der Waals surface area contributed by atoms with Crippen LogP contribution in [0.1, 0.15) is 375 Å². The Morgan fingerprint density at radius 3 is 0.780 bits per heavy atom. The van der Waals surface area contributed by atoms with Crippen molar-refractivity contribution < 1.29 is 80.2 Å². The van der Waals surface area contributed by atoms with Crippen LogP contribution in [0.3, 0.4) is 0 Å². The Morgan fingerprint density at radius 2 is 0.527 bits per heavy atom. The quantitative estimate of drug-likeness (QED) is 0.0222. The molecule has 0 aliphatic rings. The van der Waals surface area contributed by atoms with E-state index in [1.807, 2.05) is 0 Å². The van der Waals surface area contributed by atoms with Crippen molar-refractivity contribution in [2.45, 2.75) is 393 Å². The van der Waals surface area contributed by atoms with Gasteiger partial charge in [0.1, 0.15) is 19.3 Å². The lowest BCUT2D eigenvalue weighted by Gasteiger charge is -2.21. The third-order valence-corrected chi connectivity index (χ3v) is 19.0. The number of aliphatic hydroxyl groups excluding tert-OH is 1. The van der Waals surface area contributed by atoms with Crippen molar-refractivity contribution in [3.8, 4) is 0 Å². The average molecular weight is 1340 g/mol. The van der Waals surface area contributed by atoms with Crippen LogP contribution in [0.4, 0.5) is 0 Å². The maximum absolute atomic E-state index is 13.0. The maximum atomic E-state index is 13.0. The molecule has 0 aliphatic heterocycles. The van der Waals surface area contributed by atoms with Gasteiger partial charge in [-0.3, -0.25) is 37.3 Å². The number of hydrogen-bond acceptors (Lipinski definition) is 15. The van der Waals surface area contributed by atoms with Crippen LogP contribution in [0.25, 0.3) is 0 Å². The Labute approximate surface area is 556 Å². The van der Waals surface area contributed by atoms with E-state index in [9.17, 15) is 43.2 Å². The number of rotatable bonds is 72. The molecule has 17 nitrogen and oxygen atoms in total. The maximum Gasteiger partial charge on any atom is 0.472 e. The molecule has 0 radical (unpaired) electrons. The van der Waals surface area contributed by atoms with Crippen LogP contribution in [-0.4, -0.2) is 96.7 Å². The summed E-state index contributed by atoms with van der Waals surface area (Å²) in [5, 5.41) is 10.6. The van der Waals surface area contributed by atoms with Crippen LogP contribution >= 0.6 is 15.6 Å². The van der Waals surface area contributed by atoms with Crippen molar-refractivity contribution >= 4 is 39.5 Å². The average Bonchev–Trinajstić information content (AvgIpc) is 3.70. The number of carbonyl (C=O) groups is 4. The van der Waals surface area contributed by atoms with E-state index >= 15 is 0 Å². The molecule has 0 bridgehead atoms. The van der Waals surface area contributed by atoms with Gasteiger partial charge in [-0.2, -0.15) is 0 Å². The van der Waals surface area contributed by atoms with Crippen LogP contribution in [0.15, 0.2) is 0 Å². The highest BCUT2D eigenvalue weighted by Gasteiger charge is 2.30. The highest BCUT2D eigenvalue weighted by molar-refractivity contribution is 7.47. The summed E-state index contributed by atoms with van der Waals surface area (Å²) in [6, 6.07) is 0. The van der Waals surface area contributed by atoms with E-state index in [1.165, 1.54) is 193 Å². The highest BCUT2D eigenvalue weighted by atomic mass is 31.2. The van der Waals surface area contributed by atoms with E-state index in [0.717, 1.165) is 102 Å². The second-order valence-corrected chi connectivity index (χ2v) is 29.1. The molecule has 0 amide bonds. The topological polar surface area (TPSA) is 237 Å². The number of hydrogen-bond donors (Lipinski definition) is 3. The number of unbranched alkanes of at least 4 members (excludes halogenated alkanes) is 43. The van der Waals surface area contributed by atoms with Gasteiger partial charge in [-0.1, -0.05) is 324 Å². The van der Waals surface area contributed by atoms with Crippen molar-refractivity contribution in [1.82, 2.24) is 0 Å². The van der Waals surface area contributed by atoms with Gasteiger partial charge in [0.15, 0.2) is 12.2 Å². The summed E-state index contributed by atoms with van der Waals surface area (Å²) in [5.74, 6) is -1.35. The second kappa shape index (κ2) is 65.4. The van der Waals surface area contributed by atoms with Crippen molar-refractivity contribution in [2.75, 3.05) is 39.6 Å². The monoisotopic (exact) mass is 1340 g/mol. The number of aliphatic hydroxyl groups is 1. The fourth-order valence-electron chi connectivity index (χ4n) is 11.0. The zero-order valence-corrected chi connectivity index (χ0v) is 60.8. The Kier molecular flexibility index (Phi) is 64.0. The molecule has 19 heteroatoms. The first-order chi connectivity index (χ1) is 44.1. The van der Waals surface area contributed by atoms with Gasteiger partial charge >= 0.3 is 39.5 Å². The van der Waals surface area contributed by atoms with Gasteiger partial charge in [0.05, 0.1) is 26.4 Å². The molecule has 0 saturated heterocycles. The third-order valence-electron chi connectivity index (χ3n) is 17.1. The molecule has 3 unspecified atom stereocenters. The van der Waals surface area contributed by atoms with Gasteiger partial charge in [0.25, 0.3) is 0 Å². The molecule has 3 N–H and O–H groups in total. The molecule has 0 aromatic heterocycles. The number of phosphoric acid groups is 2. The summed E-state index contributed by atoms with van der Waals surface area (Å²) in [6.07, 6.45) is 52.7. The molecule has 0 aromatic rings. The van der Waals surface area contributed by atoms with E-state index in [0.29, 0.717) is 25.7 Å². The minimum absolute atomic E-state index is 0.105. The third kappa shape index (κ3) is 65.1. The van der Waals surface area contributed by atoms with Gasteiger partial charge in [-0.25, -0.2) is 9.13 Å². The van der Waals surface area contributed by atoms with Crippen LogP contribution in [0.5, 0.6) is 0 Å². The SMILES string of the molecule is CCCCCCCCCCCCCCCCCCCCC(=O)O[C@H](COC(=O)CCCCCCCCCCCCCCC)COP(=O)(O)OC[C@@H](O)COP(=O)(O)OC[C@@H](COC(=O)CCCCCCCCCC)OC(=O)CCCCCCCCCCC(C)CC. The molecule has 91 heavy (non-hydrogen) atoms. The molecule has 0 heterocycles. The first-order valence-electron chi connectivity index (χ1n) is 37.7. The van der Waals surface area contributed by atoms with Crippen LogP contribution in [0, 0.1) is 5.92 Å². The van der Waals surface area contributed by atoms with Gasteiger partial charge in [0, 0.05) is 25.7 Å². The molecule has 0 aromatic carbocycles. The van der Waals surface area contributed by atoms with Crippen molar-refractivity contribution in [3.05, 3.63) is 0 Å². The largest absolute Gasteiger partial charge is 0.472 e. The van der Waals surface area contributed by atoms with Crippen molar-refractivity contribution in [1.29, 1.82) is 0 Å². The standard InChI is InChI=1S/C72H140O17P2/c1-6-10-13-16-19-22-24-26-27-28-29-30-32-34-36-42-47-52-57-71(76)88-68(62-83-70(75)56-51-46-41-35-33-31-25-23-20-17-14-11-7-2)64-87-91(80,81)85-60-66(73)59-84-90(78,79)86-63-67(61-82-69(74)55-50-45-40-21-18-15-12-8-3)89-72(77)58-53-48-43-38-37-39-44-49-54-65(5)9-4/h65-68,73H,6-64H2,1-5H3,(H,78,79)(H,80,81)/t65?,66-,67+,68+/m0/s1. The smallest absolute Gasteiger partial charge is 0.462 e. The number of esters is 4. The zero-order valence-electron chi connectivity index (χ0n) is 59.0. The van der Waals surface area contributed by atoms with E-state index < -0.39 is 97.5 Å². The molecule has 0 saturated carbocycles. The van der Waals surface area contributed by atoms with E-state index in [-0.39, 0.29) is 25.7 Å². The first kappa shape index (κ1) is 89.1. The molecule has 0 rings (SSSR count). The summed E-state index contributed by atoms with van der Waals surface area (Å²) in [4.78, 5) is 72.5. The summed E-state index contributed by atoms with van der Waals surface area (Å²) in [5.41, 5.74) is 0. The highest BCUT2D eigenvalue weighted by Crippen LogP contribution is 2.45. The molecule has 6 atom stereocenters. The fourth-order valence-corrected chi connectivity index (χ4v) is 12.5. The lowest BCUT2D eigenvalue weighted by atomic mass is 9.99. The van der Waals surface area contributed by atoms with Gasteiger partial charge < -0.3 is 33.8 Å². The van der Waals surface area contributed by atoms with Gasteiger partial charge in [-0.15, -0.1) is 0 Å². The fraction of sp³-hybridized carbons (Fsp3) is 0.944.